The van der Waals surface area contributed by atoms with E-state index in [1.54, 1.807) is 6.33 Å². The molecule has 7 nitrogen and oxygen atoms in total. The van der Waals surface area contributed by atoms with E-state index in [0.29, 0.717) is 5.92 Å². The molecule has 0 aromatic carbocycles. The molecule has 4 rings (SSSR count). The van der Waals surface area contributed by atoms with Gasteiger partial charge in [0.25, 0.3) is 0 Å². The molecule has 1 aliphatic rings. The predicted molar refractivity (Wildman–Crippen MR) is 99.1 cm³/mol. The molecule has 0 spiro atoms. The topological polar surface area (TPSA) is 80.8 Å². The third-order valence-corrected chi connectivity index (χ3v) is 4.75. The zero-order chi connectivity index (χ0) is 18.1. The number of pyridine rings is 1. The van der Waals surface area contributed by atoms with Crippen molar-refractivity contribution in [1.29, 1.82) is 0 Å². The normalized spacial score (nSPS) is 18.0. The van der Waals surface area contributed by atoms with Crippen molar-refractivity contribution in [3.8, 4) is 0 Å². The lowest BCUT2D eigenvalue weighted by atomic mass is 9.98. The van der Waals surface area contributed by atoms with Crippen LogP contribution in [0.5, 0.6) is 0 Å². The first kappa shape index (κ1) is 16.9. The van der Waals surface area contributed by atoms with Crippen LogP contribution in [0.2, 0.25) is 0 Å². The van der Waals surface area contributed by atoms with Crippen LogP contribution < -0.4 is 4.90 Å². The van der Waals surface area contributed by atoms with E-state index in [9.17, 15) is 0 Å². The summed E-state index contributed by atoms with van der Waals surface area (Å²) in [6.07, 6.45) is 4.57. The van der Waals surface area contributed by atoms with Crippen molar-refractivity contribution in [2.24, 2.45) is 5.92 Å². The van der Waals surface area contributed by atoms with Crippen molar-refractivity contribution in [2.75, 3.05) is 18.0 Å². The van der Waals surface area contributed by atoms with Crippen LogP contribution in [0.15, 0.2) is 23.0 Å². The van der Waals surface area contributed by atoms with Gasteiger partial charge in [-0.05, 0) is 37.8 Å². The van der Waals surface area contributed by atoms with E-state index in [4.69, 9.17) is 4.52 Å². The highest BCUT2D eigenvalue weighted by Gasteiger charge is 2.28. The number of hydrogen-bond donors (Lipinski definition) is 0. The van der Waals surface area contributed by atoms with E-state index in [1.165, 1.54) is 0 Å². The summed E-state index contributed by atoms with van der Waals surface area (Å²) in [6.45, 7) is 8.07. The van der Waals surface area contributed by atoms with Crippen LogP contribution in [0.1, 0.15) is 50.0 Å². The molecule has 136 valence electrons. The highest BCUT2D eigenvalue weighted by Crippen LogP contribution is 2.31. The Hall–Kier alpha value is -2.57. The summed E-state index contributed by atoms with van der Waals surface area (Å²) >= 11 is 0. The Morgan fingerprint density at radius 2 is 2.12 bits per heavy atom. The summed E-state index contributed by atoms with van der Waals surface area (Å²) < 4.78 is 5.56. The van der Waals surface area contributed by atoms with Crippen molar-refractivity contribution in [2.45, 2.75) is 46.0 Å². The molecule has 3 aromatic rings. The van der Waals surface area contributed by atoms with Crippen LogP contribution in [0, 0.1) is 12.8 Å². The summed E-state index contributed by atoms with van der Waals surface area (Å²) in [4.78, 5) is 20.4. The first-order valence-corrected chi connectivity index (χ1v) is 9.26. The van der Waals surface area contributed by atoms with E-state index in [-0.39, 0.29) is 5.92 Å². The van der Waals surface area contributed by atoms with Crippen molar-refractivity contribution in [3.63, 3.8) is 0 Å². The molecule has 0 amide bonds. The van der Waals surface area contributed by atoms with Gasteiger partial charge in [-0.15, -0.1) is 0 Å². The van der Waals surface area contributed by atoms with E-state index >= 15 is 0 Å². The second-order valence-corrected chi connectivity index (χ2v) is 7.45. The largest absolute Gasteiger partial charge is 0.354 e. The lowest BCUT2D eigenvalue weighted by molar-refractivity contribution is 0.329. The highest BCUT2D eigenvalue weighted by molar-refractivity contribution is 5.85. The Labute approximate surface area is 152 Å². The number of aromatic nitrogens is 5. The molecule has 4 heterocycles. The number of fused-ring (bicyclic) bond motifs is 1. The molecule has 1 fully saturated rings. The van der Waals surface area contributed by atoms with Crippen molar-refractivity contribution >= 4 is 16.9 Å². The van der Waals surface area contributed by atoms with Gasteiger partial charge in [-0.1, -0.05) is 19.0 Å². The minimum Gasteiger partial charge on any atom is -0.354 e. The molecule has 0 N–H and O–H groups in total. The molecule has 26 heavy (non-hydrogen) atoms. The molecule has 1 unspecified atom stereocenters. The molecule has 1 atom stereocenters. The molecule has 0 aliphatic carbocycles. The Bertz CT molecular complexity index is 906. The van der Waals surface area contributed by atoms with Gasteiger partial charge in [0.1, 0.15) is 11.8 Å². The zero-order valence-electron chi connectivity index (χ0n) is 15.5. The van der Waals surface area contributed by atoms with Crippen LogP contribution in [0.25, 0.3) is 11.0 Å². The van der Waals surface area contributed by atoms with E-state index in [1.807, 2.05) is 19.1 Å². The number of anilines is 1. The van der Waals surface area contributed by atoms with E-state index in [0.717, 1.165) is 66.6 Å². The number of hydrogen-bond acceptors (Lipinski definition) is 7. The summed E-state index contributed by atoms with van der Waals surface area (Å²) in [5.74, 6) is 3.19. The fourth-order valence-corrected chi connectivity index (χ4v) is 3.51. The fraction of sp³-hybridized carbons (Fsp3) is 0.526. The molecule has 3 aromatic heterocycles. The van der Waals surface area contributed by atoms with Crippen LogP contribution in [0.4, 0.5) is 5.82 Å². The van der Waals surface area contributed by atoms with Gasteiger partial charge in [-0.2, -0.15) is 4.98 Å². The second kappa shape index (κ2) is 6.97. The molecular formula is C19H24N6O. The van der Waals surface area contributed by atoms with Crippen molar-refractivity contribution in [1.82, 2.24) is 25.1 Å². The minimum absolute atomic E-state index is 0.229. The standard InChI is InChI=1S/C19H24N6O/c1-12(2)9-16-23-19(26-24-16)14-5-4-8-25(10-14)18-17-15(20-11-21-18)7-6-13(3)22-17/h6-7,11-12,14H,4-5,8-10H2,1-3H3. The maximum absolute atomic E-state index is 5.56. The van der Waals surface area contributed by atoms with Gasteiger partial charge in [0.2, 0.25) is 5.89 Å². The van der Waals surface area contributed by atoms with Crippen molar-refractivity contribution < 1.29 is 4.52 Å². The first-order valence-electron chi connectivity index (χ1n) is 9.26. The smallest absolute Gasteiger partial charge is 0.231 e. The van der Waals surface area contributed by atoms with E-state index < -0.39 is 0 Å². The molecular weight excluding hydrogens is 328 g/mol. The number of nitrogens with zero attached hydrogens (tertiary/aromatic N) is 6. The Morgan fingerprint density at radius 1 is 1.23 bits per heavy atom. The third-order valence-electron chi connectivity index (χ3n) is 4.75. The molecule has 7 heteroatoms. The monoisotopic (exact) mass is 352 g/mol. The Morgan fingerprint density at radius 3 is 2.96 bits per heavy atom. The van der Waals surface area contributed by atoms with Crippen LogP contribution in [-0.2, 0) is 6.42 Å². The van der Waals surface area contributed by atoms with Crippen molar-refractivity contribution in [3.05, 3.63) is 35.9 Å². The second-order valence-electron chi connectivity index (χ2n) is 7.45. The van der Waals surface area contributed by atoms with Gasteiger partial charge in [-0.25, -0.2) is 15.0 Å². The molecule has 0 saturated carbocycles. The minimum atomic E-state index is 0.229. The van der Waals surface area contributed by atoms with Crippen LogP contribution in [-0.4, -0.2) is 38.2 Å². The van der Waals surface area contributed by atoms with Gasteiger partial charge in [0, 0.05) is 25.2 Å². The SMILES string of the molecule is Cc1ccc2ncnc(N3CCCC(c4nc(CC(C)C)no4)C3)c2n1. The van der Waals surface area contributed by atoms with Gasteiger partial charge in [-0.3, -0.25) is 0 Å². The van der Waals surface area contributed by atoms with Gasteiger partial charge < -0.3 is 9.42 Å². The quantitative estimate of drug-likeness (QED) is 0.712. The zero-order valence-corrected chi connectivity index (χ0v) is 15.5. The highest BCUT2D eigenvalue weighted by atomic mass is 16.5. The van der Waals surface area contributed by atoms with E-state index in [2.05, 4.69) is 43.8 Å². The molecule has 1 aliphatic heterocycles. The fourth-order valence-electron chi connectivity index (χ4n) is 3.51. The Kier molecular flexibility index (Phi) is 4.53. The van der Waals surface area contributed by atoms with Crippen LogP contribution in [0.3, 0.4) is 0 Å². The summed E-state index contributed by atoms with van der Waals surface area (Å²) in [6, 6.07) is 3.98. The Balaban J connectivity index is 1.59. The van der Waals surface area contributed by atoms with Gasteiger partial charge in [0.05, 0.1) is 11.4 Å². The molecule has 0 radical (unpaired) electrons. The number of aryl methyl sites for hydroxylation is 1. The lowest BCUT2D eigenvalue weighted by Gasteiger charge is -2.32. The number of rotatable bonds is 4. The summed E-state index contributed by atoms with van der Waals surface area (Å²) in [5, 5.41) is 4.15. The average molecular weight is 352 g/mol. The molecule has 1 saturated heterocycles. The maximum atomic E-state index is 5.56. The van der Waals surface area contributed by atoms with Crippen LogP contribution >= 0.6 is 0 Å². The number of piperidine rings is 1. The van der Waals surface area contributed by atoms with Gasteiger partial charge >= 0.3 is 0 Å². The predicted octanol–water partition coefficient (Wildman–Crippen LogP) is 3.30. The lowest BCUT2D eigenvalue weighted by Crippen LogP contribution is -2.35. The maximum Gasteiger partial charge on any atom is 0.231 e. The van der Waals surface area contributed by atoms with Gasteiger partial charge in [0.15, 0.2) is 11.6 Å². The third kappa shape index (κ3) is 3.38. The first-order chi connectivity index (χ1) is 12.6. The summed E-state index contributed by atoms with van der Waals surface area (Å²) in [5.41, 5.74) is 2.70. The molecule has 0 bridgehead atoms. The summed E-state index contributed by atoms with van der Waals surface area (Å²) in [7, 11) is 0. The average Bonchev–Trinajstić information content (AvgIpc) is 3.09.